The highest BCUT2D eigenvalue weighted by Crippen LogP contribution is 2.17. The lowest BCUT2D eigenvalue weighted by atomic mass is 10.2. The van der Waals surface area contributed by atoms with Gasteiger partial charge in [-0.2, -0.15) is 0 Å². The number of benzene rings is 1. The first-order valence-electron chi connectivity index (χ1n) is 8.50. The molecule has 26 heavy (non-hydrogen) atoms. The van der Waals surface area contributed by atoms with E-state index in [4.69, 9.17) is 4.74 Å². The lowest BCUT2D eigenvalue weighted by molar-refractivity contribution is -0.113. The highest BCUT2D eigenvalue weighted by atomic mass is 32.2. The largest absolute Gasteiger partial charge is 0.462 e. The molecule has 0 unspecified atom stereocenters. The van der Waals surface area contributed by atoms with E-state index in [0.29, 0.717) is 23.7 Å². The predicted molar refractivity (Wildman–Crippen MR) is 102 cm³/mol. The number of nitrogens with zero attached hydrogens (tertiary/aromatic N) is 2. The van der Waals surface area contributed by atoms with Crippen molar-refractivity contribution in [1.82, 2.24) is 9.97 Å². The zero-order valence-electron chi connectivity index (χ0n) is 15.2. The summed E-state index contributed by atoms with van der Waals surface area (Å²) in [5.74, 6) is 0.453. The summed E-state index contributed by atoms with van der Waals surface area (Å²) in [5, 5.41) is 3.58. The van der Waals surface area contributed by atoms with Gasteiger partial charge in [0.2, 0.25) is 5.91 Å². The van der Waals surface area contributed by atoms with Gasteiger partial charge in [0.1, 0.15) is 10.9 Å². The van der Waals surface area contributed by atoms with E-state index >= 15 is 0 Å². The summed E-state index contributed by atoms with van der Waals surface area (Å²) in [4.78, 5) is 32.4. The molecule has 0 spiro atoms. The molecule has 7 heteroatoms. The minimum absolute atomic E-state index is 0.137. The Bertz CT molecular complexity index is 743. The smallest absolute Gasteiger partial charge is 0.338 e. The monoisotopic (exact) mass is 373 g/mol. The van der Waals surface area contributed by atoms with Crippen LogP contribution in [0.5, 0.6) is 0 Å². The number of aryl methyl sites for hydroxylation is 2. The van der Waals surface area contributed by atoms with Crippen LogP contribution in [0.2, 0.25) is 0 Å². The van der Waals surface area contributed by atoms with E-state index in [-0.39, 0.29) is 17.6 Å². The number of rotatable bonds is 8. The van der Waals surface area contributed by atoms with Crippen LogP contribution in [0.15, 0.2) is 35.4 Å². The molecule has 1 N–H and O–H groups in total. The minimum atomic E-state index is -0.346. The van der Waals surface area contributed by atoms with Gasteiger partial charge in [-0.25, -0.2) is 14.8 Å². The number of carbonyl (C=O) groups excluding carboxylic acids is 2. The van der Waals surface area contributed by atoms with Gasteiger partial charge in [0.05, 0.1) is 17.9 Å². The first kappa shape index (κ1) is 19.9. The molecule has 0 fully saturated rings. The van der Waals surface area contributed by atoms with Crippen molar-refractivity contribution < 1.29 is 14.3 Å². The third kappa shape index (κ3) is 6.48. The number of anilines is 1. The van der Waals surface area contributed by atoms with Gasteiger partial charge in [-0.15, -0.1) is 0 Å². The second kappa shape index (κ2) is 9.91. The Morgan fingerprint density at radius 3 is 2.54 bits per heavy atom. The molecule has 1 aromatic heterocycles. The van der Waals surface area contributed by atoms with Crippen molar-refractivity contribution in [2.75, 3.05) is 17.7 Å². The summed E-state index contributed by atoms with van der Waals surface area (Å²) in [6, 6.07) is 8.53. The number of amides is 1. The summed E-state index contributed by atoms with van der Waals surface area (Å²) in [5.41, 5.74) is 1.98. The van der Waals surface area contributed by atoms with Gasteiger partial charge < -0.3 is 10.1 Å². The quantitative estimate of drug-likeness (QED) is 0.328. The second-order valence-electron chi connectivity index (χ2n) is 5.80. The van der Waals surface area contributed by atoms with Crippen LogP contribution in [0.3, 0.4) is 0 Å². The molecule has 0 aliphatic heterocycles. The van der Waals surface area contributed by atoms with Gasteiger partial charge >= 0.3 is 5.97 Å². The van der Waals surface area contributed by atoms with Crippen LogP contribution in [0.4, 0.5) is 5.69 Å². The molecule has 0 bridgehead atoms. The zero-order valence-corrected chi connectivity index (χ0v) is 16.1. The molecule has 138 valence electrons. The lowest BCUT2D eigenvalue weighted by Gasteiger charge is -2.07. The van der Waals surface area contributed by atoms with Crippen LogP contribution >= 0.6 is 11.8 Å². The third-order valence-electron chi connectivity index (χ3n) is 3.43. The van der Waals surface area contributed by atoms with E-state index in [1.165, 1.54) is 11.8 Å². The number of aromatic nitrogens is 2. The van der Waals surface area contributed by atoms with Crippen LogP contribution in [0.25, 0.3) is 0 Å². The number of thioether (sulfide) groups is 1. The first-order valence-corrected chi connectivity index (χ1v) is 9.48. The molecule has 6 nitrogen and oxygen atoms in total. The average Bonchev–Trinajstić information content (AvgIpc) is 2.60. The maximum absolute atomic E-state index is 12.1. The molecule has 2 aromatic rings. The number of ether oxygens (including phenoxy) is 1. The van der Waals surface area contributed by atoms with Crippen LogP contribution in [-0.2, 0) is 9.53 Å². The van der Waals surface area contributed by atoms with Gasteiger partial charge in [0.25, 0.3) is 0 Å². The van der Waals surface area contributed by atoms with Crippen LogP contribution < -0.4 is 5.32 Å². The molecule has 0 aliphatic carbocycles. The topological polar surface area (TPSA) is 81.2 Å². The number of nitrogens with one attached hydrogen (secondary N) is 1. The van der Waals surface area contributed by atoms with E-state index in [1.54, 1.807) is 24.3 Å². The minimum Gasteiger partial charge on any atom is -0.462 e. The van der Waals surface area contributed by atoms with E-state index in [2.05, 4.69) is 15.3 Å². The standard InChI is InChI=1S/C19H23N3O3S/c1-4-5-10-25-19(24)15-6-8-16(9-7-15)22-17(23)12-26-18-11-13(2)20-14(3)21-18/h6-9,11H,4-5,10,12H2,1-3H3,(H,22,23). The number of carbonyl (C=O) groups is 2. The first-order chi connectivity index (χ1) is 12.5. The summed E-state index contributed by atoms with van der Waals surface area (Å²) in [7, 11) is 0. The molecule has 2 rings (SSSR count). The zero-order chi connectivity index (χ0) is 18.9. The summed E-state index contributed by atoms with van der Waals surface area (Å²) >= 11 is 1.36. The van der Waals surface area contributed by atoms with Crippen molar-refractivity contribution in [2.45, 2.75) is 38.6 Å². The molecule has 1 heterocycles. The maximum Gasteiger partial charge on any atom is 0.338 e. The Kier molecular flexibility index (Phi) is 7.59. The Labute approximate surface area is 157 Å². The van der Waals surface area contributed by atoms with Crippen molar-refractivity contribution in [1.29, 1.82) is 0 Å². The normalized spacial score (nSPS) is 10.4. The van der Waals surface area contributed by atoms with E-state index in [1.807, 2.05) is 26.8 Å². The second-order valence-corrected chi connectivity index (χ2v) is 6.79. The molecule has 1 amide bonds. The van der Waals surface area contributed by atoms with Crippen LogP contribution in [-0.4, -0.2) is 34.2 Å². The molecule has 1 aromatic carbocycles. The Hall–Kier alpha value is -2.41. The summed E-state index contributed by atoms with van der Waals surface area (Å²) < 4.78 is 5.15. The summed E-state index contributed by atoms with van der Waals surface area (Å²) in [6.07, 6.45) is 1.83. The Morgan fingerprint density at radius 1 is 1.15 bits per heavy atom. The molecule has 0 saturated carbocycles. The SMILES string of the molecule is CCCCOC(=O)c1ccc(NC(=O)CSc2cc(C)nc(C)n2)cc1. The van der Waals surface area contributed by atoms with Gasteiger partial charge in [-0.3, -0.25) is 4.79 Å². The molecule has 0 saturated heterocycles. The van der Waals surface area contributed by atoms with Crippen LogP contribution in [0.1, 0.15) is 41.6 Å². The van der Waals surface area contributed by atoms with Gasteiger partial charge in [0.15, 0.2) is 0 Å². The fraction of sp³-hybridized carbons (Fsp3) is 0.368. The van der Waals surface area contributed by atoms with Gasteiger partial charge in [-0.1, -0.05) is 25.1 Å². The van der Waals surface area contributed by atoms with Gasteiger partial charge in [-0.05, 0) is 50.6 Å². The van der Waals surface area contributed by atoms with Crippen molar-refractivity contribution >= 4 is 29.3 Å². The number of hydrogen-bond acceptors (Lipinski definition) is 6. The maximum atomic E-state index is 12.1. The predicted octanol–water partition coefficient (Wildman–Crippen LogP) is 3.78. The molecule has 0 radical (unpaired) electrons. The van der Waals surface area contributed by atoms with E-state index in [9.17, 15) is 9.59 Å². The number of unbranched alkanes of at least 4 members (excludes halogenated alkanes) is 1. The van der Waals surface area contributed by atoms with Crippen molar-refractivity contribution in [3.63, 3.8) is 0 Å². The van der Waals surface area contributed by atoms with Crippen molar-refractivity contribution in [2.24, 2.45) is 0 Å². The van der Waals surface area contributed by atoms with Gasteiger partial charge in [0, 0.05) is 11.4 Å². The lowest BCUT2D eigenvalue weighted by Crippen LogP contribution is -2.14. The van der Waals surface area contributed by atoms with Crippen molar-refractivity contribution in [3.8, 4) is 0 Å². The highest BCUT2D eigenvalue weighted by molar-refractivity contribution is 7.99. The van der Waals surface area contributed by atoms with E-state index in [0.717, 1.165) is 23.6 Å². The number of hydrogen-bond donors (Lipinski definition) is 1. The molecule has 0 atom stereocenters. The summed E-state index contributed by atoms with van der Waals surface area (Å²) in [6.45, 7) is 6.18. The van der Waals surface area contributed by atoms with E-state index < -0.39 is 0 Å². The molecular formula is C19H23N3O3S. The molecule has 0 aliphatic rings. The Balaban J connectivity index is 1.84. The average molecular weight is 373 g/mol. The van der Waals surface area contributed by atoms with Crippen LogP contribution in [0, 0.1) is 13.8 Å². The number of esters is 1. The Morgan fingerprint density at radius 2 is 1.88 bits per heavy atom. The van der Waals surface area contributed by atoms with Crippen molar-refractivity contribution in [3.05, 3.63) is 47.4 Å². The molecular weight excluding hydrogens is 350 g/mol. The third-order valence-corrected chi connectivity index (χ3v) is 4.34. The fourth-order valence-electron chi connectivity index (χ4n) is 2.18. The highest BCUT2D eigenvalue weighted by Gasteiger charge is 2.09. The fourth-order valence-corrected chi connectivity index (χ4v) is 2.98.